The molecular formula is C14H23N3O2. The van der Waals surface area contributed by atoms with Crippen molar-refractivity contribution in [2.24, 2.45) is 5.41 Å². The van der Waals surface area contributed by atoms with Crippen LogP contribution in [0.15, 0.2) is 0 Å². The van der Waals surface area contributed by atoms with Crippen molar-refractivity contribution in [2.45, 2.75) is 52.5 Å². The Bertz CT molecular complexity index is 491. The van der Waals surface area contributed by atoms with Gasteiger partial charge in [0.1, 0.15) is 11.6 Å². The zero-order chi connectivity index (χ0) is 14.2. The second kappa shape index (κ2) is 4.87. The van der Waals surface area contributed by atoms with Crippen molar-refractivity contribution in [2.75, 3.05) is 12.8 Å². The summed E-state index contributed by atoms with van der Waals surface area (Å²) >= 11 is 0. The number of hydrogen-bond donors (Lipinski definition) is 1. The first kappa shape index (κ1) is 13.9. The molecule has 1 saturated carbocycles. The lowest BCUT2D eigenvalue weighted by molar-refractivity contribution is 0.0595. The predicted octanol–water partition coefficient (Wildman–Crippen LogP) is 2.57. The molecule has 1 atom stereocenters. The van der Waals surface area contributed by atoms with Gasteiger partial charge in [-0.05, 0) is 24.7 Å². The van der Waals surface area contributed by atoms with Gasteiger partial charge in [0, 0.05) is 12.5 Å². The molecule has 1 aromatic heterocycles. The van der Waals surface area contributed by atoms with E-state index < -0.39 is 5.97 Å². The van der Waals surface area contributed by atoms with Gasteiger partial charge in [0.05, 0.1) is 7.11 Å². The van der Waals surface area contributed by atoms with E-state index in [4.69, 9.17) is 10.5 Å². The minimum atomic E-state index is -0.455. The van der Waals surface area contributed by atoms with Crippen molar-refractivity contribution in [1.82, 2.24) is 9.55 Å². The normalized spacial score (nSPS) is 21.6. The van der Waals surface area contributed by atoms with Crippen LogP contribution < -0.4 is 5.73 Å². The molecule has 1 unspecified atom stereocenters. The molecule has 2 N–H and O–H groups in total. The van der Waals surface area contributed by atoms with Crippen LogP contribution in [0.2, 0.25) is 0 Å². The number of esters is 1. The fourth-order valence-electron chi connectivity index (χ4n) is 3.02. The summed E-state index contributed by atoms with van der Waals surface area (Å²) in [6, 6.07) is 0.343. The lowest BCUT2D eigenvalue weighted by Crippen LogP contribution is -2.15. The van der Waals surface area contributed by atoms with Gasteiger partial charge in [0.25, 0.3) is 0 Å². The molecule has 1 fully saturated rings. The number of ether oxygens (including phenoxy) is 1. The molecule has 2 rings (SSSR count). The monoisotopic (exact) mass is 265 g/mol. The molecule has 0 amide bonds. The van der Waals surface area contributed by atoms with Crippen LogP contribution in [-0.4, -0.2) is 22.6 Å². The van der Waals surface area contributed by atoms with Gasteiger partial charge in [-0.25, -0.2) is 9.78 Å². The van der Waals surface area contributed by atoms with Crippen LogP contribution in [0, 0.1) is 5.41 Å². The van der Waals surface area contributed by atoms with Gasteiger partial charge >= 0.3 is 5.97 Å². The number of aromatic nitrogens is 2. The summed E-state index contributed by atoms with van der Waals surface area (Å²) in [5, 5.41) is 0. The van der Waals surface area contributed by atoms with Crippen molar-refractivity contribution < 1.29 is 9.53 Å². The maximum atomic E-state index is 11.7. The van der Waals surface area contributed by atoms with Crippen LogP contribution in [0.1, 0.15) is 62.4 Å². The molecule has 0 aromatic carbocycles. The maximum Gasteiger partial charge on any atom is 0.360 e. The Morgan fingerprint density at radius 2 is 2.26 bits per heavy atom. The van der Waals surface area contributed by atoms with Gasteiger partial charge in [-0.3, -0.25) is 0 Å². The second-order valence-corrected chi connectivity index (χ2v) is 6.04. The largest absolute Gasteiger partial charge is 0.464 e. The first-order chi connectivity index (χ1) is 8.89. The third-order valence-electron chi connectivity index (χ3n) is 4.02. The van der Waals surface area contributed by atoms with Crippen LogP contribution >= 0.6 is 0 Å². The zero-order valence-electron chi connectivity index (χ0n) is 12.2. The number of hydrogen-bond acceptors (Lipinski definition) is 4. The number of aryl methyl sites for hydroxylation is 1. The summed E-state index contributed by atoms with van der Waals surface area (Å²) in [5.41, 5.74) is 6.71. The molecule has 106 valence electrons. The van der Waals surface area contributed by atoms with E-state index in [1.165, 1.54) is 13.5 Å². The number of methoxy groups -OCH3 is 1. The molecule has 1 aromatic rings. The molecule has 19 heavy (non-hydrogen) atoms. The van der Waals surface area contributed by atoms with Gasteiger partial charge in [0.2, 0.25) is 0 Å². The average Bonchev–Trinajstić information content (AvgIpc) is 2.88. The van der Waals surface area contributed by atoms with E-state index >= 15 is 0 Å². The Kier molecular flexibility index (Phi) is 3.56. The highest BCUT2D eigenvalue weighted by atomic mass is 16.5. The van der Waals surface area contributed by atoms with E-state index in [1.807, 2.05) is 11.5 Å². The first-order valence-electron chi connectivity index (χ1n) is 6.84. The zero-order valence-corrected chi connectivity index (χ0v) is 12.2. The SMILES string of the molecule is CCc1nc(C(=O)OC)c(N)n1C1CCC(C)(C)C1. The number of carbonyl (C=O) groups excluding carboxylic acids is 1. The molecular weight excluding hydrogens is 242 g/mol. The highest BCUT2D eigenvalue weighted by Crippen LogP contribution is 2.45. The van der Waals surface area contributed by atoms with Crippen molar-refractivity contribution in [3.05, 3.63) is 11.5 Å². The van der Waals surface area contributed by atoms with Gasteiger partial charge in [-0.2, -0.15) is 0 Å². The van der Waals surface area contributed by atoms with E-state index in [9.17, 15) is 4.79 Å². The summed E-state index contributed by atoms with van der Waals surface area (Å²) in [6.07, 6.45) is 4.09. The molecule has 5 nitrogen and oxygen atoms in total. The molecule has 1 aliphatic carbocycles. The molecule has 0 bridgehead atoms. The van der Waals surface area contributed by atoms with E-state index in [2.05, 4.69) is 18.8 Å². The van der Waals surface area contributed by atoms with E-state index in [0.717, 1.165) is 25.1 Å². The van der Waals surface area contributed by atoms with Crippen molar-refractivity contribution in [3.63, 3.8) is 0 Å². The molecule has 1 aliphatic rings. The van der Waals surface area contributed by atoms with Crippen molar-refractivity contribution in [3.8, 4) is 0 Å². The summed E-state index contributed by atoms with van der Waals surface area (Å²) < 4.78 is 6.78. The number of carbonyl (C=O) groups is 1. The summed E-state index contributed by atoms with van der Waals surface area (Å²) in [6.45, 7) is 6.57. The fraction of sp³-hybridized carbons (Fsp3) is 0.714. The number of nitrogen functional groups attached to an aromatic ring is 1. The number of anilines is 1. The van der Waals surface area contributed by atoms with Gasteiger partial charge < -0.3 is 15.0 Å². The van der Waals surface area contributed by atoms with Gasteiger partial charge in [-0.1, -0.05) is 20.8 Å². The molecule has 0 spiro atoms. The fourth-order valence-corrected chi connectivity index (χ4v) is 3.02. The Labute approximate surface area is 114 Å². The Balaban J connectivity index is 2.40. The first-order valence-corrected chi connectivity index (χ1v) is 6.84. The third kappa shape index (κ3) is 2.46. The van der Waals surface area contributed by atoms with E-state index in [-0.39, 0.29) is 5.69 Å². The number of nitrogens with two attached hydrogens (primary N) is 1. The second-order valence-electron chi connectivity index (χ2n) is 6.04. The topological polar surface area (TPSA) is 70.1 Å². The average molecular weight is 265 g/mol. The third-order valence-corrected chi connectivity index (χ3v) is 4.02. The maximum absolute atomic E-state index is 11.7. The highest BCUT2D eigenvalue weighted by molar-refractivity contribution is 5.92. The Morgan fingerprint density at radius 3 is 2.74 bits per heavy atom. The van der Waals surface area contributed by atoms with Gasteiger partial charge in [-0.15, -0.1) is 0 Å². The number of nitrogens with zero attached hydrogens (tertiary/aromatic N) is 2. The van der Waals surface area contributed by atoms with Crippen LogP contribution in [0.5, 0.6) is 0 Å². The molecule has 5 heteroatoms. The van der Waals surface area contributed by atoms with Crippen molar-refractivity contribution in [1.29, 1.82) is 0 Å². The smallest absolute Gasteiger partial charge is 0.360 e. The number of rotatable bonds is 3. The van der Waals surface area contributed by atoms with Crippen LogP contribution in [0.25, 0.3) is 0 Å². The van der Waals surface area contributed by atoms with E-state index in [0.29, 0.717) is 17.3 Å². The van der Waals surface area contributed by atoms with Crippen LogP contribution in [0.3, 0.4) is 0 Å². The minimum Gasteiger partial charge on any atom is -0.464 e. The number of imidazole rings is 1. The van der Waals surface area contributed by atoms with Crippen LogP contribution in [-0.2, 0) is 11.2 Å². The Hall–Kier alpha value is -1.52. The van der Waals surface area contributed by atoms with Crippen LogP contribution in [0.4, 0.5) is 5.82 Å². The minimum absolute atomic E-state index is 0.254. The molecule has 0 saturated heterocycles. The lowest BCUT2D eigenvalue weighted by atomic mass is 9.92. The predicted molar refractivity (Wildman–Crippen MR) is 74.0 cm³/mol. The standard InChI is InChI=1S/C14H23N3O2/c1-5-10-16-11(13(18)19-4)12(15)17(10)9-6-7-14(2,3)8-9/h9H,5-8,15H2,1-4H3. The molecule has 0 radical (unpaired) electrons. The van der Waals surface area contributed by atoms with Crippen molar-refractivity contribution >= 4 is 11.8 Å². The Morgan fingerprint density at radius 1 is 1.58 bits per heavy atom. The highest BCUT2D eigenvalue weighted by Gasteiger charge is 2.35. The summed E-state index contributed by atoms with van der Waals surface area (Å²) in [4.78, 5) is 16.0. The molecule has 1 heterocycles. The summed E-state index contributed by atoms with van der Waals surface area (Å²) in [5.74, 6) is 0.871. The lowest BCUT2D eigenvalue weighted by Gasteiger charge is -2.20. The summed E-state index contributed by atoms with van der Waals surface area (Å²) in [7, 11) is 1.35. The van der Waals surface area contributed by atoms with E-state index in [1.54, 1.807) is 0 Å². The quantitative estimate of drug-likeness (QED) is 0.853. The molecule has 0 aliphatic heterocycles. The van der Waals surface area contributed by atoms with Gasteiger partial charge in [0.15, 0.2) is 5.69 Å².